The van der Waals surface area contributed by atoms with E-state index in [9.17, 15) is 14.4 Å². The molecule has 3 N–H and O–H groups in total. The van der Waals surface area contributed by atoms with Crippen molar-refractivity contribution in [2.45, 2.75) is 88.9 Å². The van der Waals surface area contributed by atoms with E-state index in [1.807, 2.05) is 30.3 Å². The fourth-order valence-electron chi connectivity index (χ4n) is 6.84. The second kappa shape index (κ2) is 12.3. The van der Waals surface area contributed by atoms with Gasteiger partial charge in [0.15, 0.2) is 0 Å². The molecule has 0 bridgehead atoms. The molecule has 220 valence electrons. The largest absolute Gasteiger partial charge is 0.310 e. The predicted octanol–water partition coefficient (Wildman–Crippen LogP) is 6.45. The standard InChI is InChI=1S/C12H13BrN2O.C12H14N2O.C7H6N2O.CH4/c13-8-6-9-10(14-7-8)15-11(16)12(9)4-2-1-3-5-12;15-11-12(6-2-1-3-7-12)9-5-4-8-13-10(9)14-11;10-6-4-5-2-1-3-8-7(5)9-6;/h6-7H,1-5H2,(H,14,15,16);4-5,8H,1-3,6-7H2,(H,13,14,15);1-3H,4H2,(H,8,9,10);1H4. The van der Waals surface area contributed by atoms with Crippen LogP contribution in [0.2, 0.25) is 0 Å². The Bertz CT molecular complexity index is 1470. The Morgan fingerprint density at radius 2 is 1.21 bits per heavy atom. The van der Waals surface area contributed by atoms with Gasteiger partial charge in [0.1, 0.15) is 17.5 Å². The van der Waals surface area contributed by atoms with Crippen molar-refractivity contribution < 1.29 is 14.4 Å². The highest BCUT2D eigenvalue weighted by Crippen LogP contribution is 2.48. The first-order valence-corrected chi connectivity index (χ1v) is 15.2. The van der Waals surface area contributed by atoms with Crippen LogP contribution in [0.3, 0.4) is 0 Å². The number of hydrogen-bond donors (Lipinski definition) is 3. The second-order valence-corrected chi connectivity index (χ2v) is 12.3. The SMILES string of the molecule is C.O=C1Cc2cccnc2N1.O=C1Nc2ncc(Br)cc2C12CCCCC2.O=C1Nc2ncccc2C12CCCCC2. The molecule has 3 aromatic rings. The fraction of sp³-hybridized carbons (Fsp3) is 0.438. The number of pyridine rings is 3. The number of anilines is 3. The topological polar surface area (TPSA) is 126 Å². The molecule has 8 rings (SSSR count). The molecule has 0 unspecified atom stereocenters. The lowest BCUT2D eigenvalue weighted by Crippen LogP contribution is -2.36. The first kappa shape index (κ1) is 29.8. The molecule has 2 saturated carbocycles. The summed E-state index contributed by atoms with van der Waals surface area (Å²) in [5.41, 5.74) is 2.67. The number of carbonyl (C=O) groups excluding carboxylic acids is 3. The molecule has 10 heteroatoms. The maximum absolute atomic E-state index is 12.2. The number of aromatic nitrogens is 3. The molecule has 42 heavy (non-hydrogen) atoms. The van der Waals surface area contributed by atoms with E-state index < -0.39 is 0 Å². The van der Waals surface area contributed by atoms with Crippen molar-refractivity contribution >= 4 is 51.1 Å². The van der Waals surface area contributed by atoms with E-state index in [1.54, 1.807) is 18.6 Å². The highest BCUT2D eigenvalue weighted by molar-refractivity contribution is 9.10. The van der Waals surface area contributed by atoms with E-state index in [0.717, 1.165) is 84.2 Å². The van der Waals surface area contributed by atoms with E-state index in [4.69, 9.17) is 0 Å². The van der Waals surface area contributed by atoms with Gasteiger partial charge < -0.3 is 16.0 Å². The smallest absolute Gasteiger partial charge is 0.236 e. The average Bonchev–Trinajstić information content (AvgIpc) is 3.59. The van der Waals surface area contributed by atoms with Crippen LogP contribution in [0.1, 0.15) is 88.3 Å². The minimum Gasteiger partial charge on any atom is -0.310 e. The number of nitrogens with zero attached hydrogens (tertiary/aromatic N) is 3. The number of nitrogens with one attached hydrogen (secondary N) is 3. The van der Waals surface area contributed by atoms with Gasteiger partial charge in [-0.3, -0.25) is 14.4 Å². The number of fused-ring (bicyclic) bond motifs is 5. The Balaban J connectivity index is 0.000000128. The van der Waals surface area contributed by atoms with Crippen LogP contribution in [-0.2, 0) is 31.6 Å². The van der Waals surface area contributed by atoms with Crippen LogP contribution in [-0.4, -0.2) is 32.7 Å². The number of hydrogen-bond acceptors (Lipinski definition) is 6. The van der Waals surface area contributed by atoms with Crippen LogP contribution in [0.25, 0.3) is 0 Å². The van der Waals surface area contributed by atoms with Gasteiger partial charge in [-0.15, -0.1) is 0 Å². The Morgan fingerprint density at radius 1 is 0.667 bits per heavy atom. The van der Waals surface area contributed by atoms with Crippen LogP contribution in [0.4, 0.5) is 17.5 Å². The number of amides is 3. The van der Waals surface area contributed by atoms with E-state index in [0.29, 0.717) is 12.2 Å². The zero-order valence-electron chi connectivity index (χ0n) is 22.8. The van der Waals surface area contributed by atoms with Crippen molar-refractivity contribution in [3.05, 3.63) is 70.1 Å². The molecule has 5 aliphatic rings. The molecule has 0 saturated heterocycles. The Morgan fingerprint density at radius 3 is 1.83 bits per heavy atom. The Hall–Kier alpha value is -3.66. The Labute approximate surface area is 254 Å². The lowest BCUT2D eigenvalue weighted by atomic mass is 9.70. The highest BCUT2D eigenvalue weighted by atomic mass is 79.9. The van der Waals surface area contributed by atoms with Crippen molar-refractivity contribution in [2.75, 3.05) is 16.0 Å². The summed E-state index contributed by atoms with van der Waals surface area (Å²) in [6, 6.07) is 9.76. The number of rotatable bonds is 0. The van der Waals surface area contributed by atoms with Crippen LogP contribution in [0.5, 0.6) is 0 Å². The molecule has 3 aromatic heterocycles. The average molecular weight is 634 g/mol. The van der Waals surface area contributed by atoms with Gasteiger partial charge in [-0.25, -0.2) is 15.0 Å². The Kier molecular flexibility index (Phi) is 8.73. The van der Waals surface area contributed by atoms with Gasteiger partial charge in [0.2, 0.25) is 17.7 Å². The van der Waals surface area contributed by atoms with Crippen LogP contribution < -0.4 is 16.0 Å². The van der Waals surface area contributed by atoms with Gasteiger partial charge in [0.25, 0.3) is 0 Å². The quantitative estimate of drug-likeness (QED) is 0.262. The molecular formula is C32H37BrN6O3. The molecule has 2 spiro atoms. The first-order chi connectivity index (χ1) is 19.9. The van der Waals surface area contributed by atoms with E-state index in [-0.39, 0.29) is 36.0 Å². The molecule has 2 aliphatic carbocycles. The third-order valence-electron chi connectivity index (χ3n) is 8.94. The second-order valence-electron chi connectivity index (χ2n) is 11.4. The van der Waals surface area contributed by atoms with Gasteiger partial charge in [-0.2, -0.15) is 0 Å². The van der Waals surface area contributed by atoms with E-state index in [1.165, 1.54) is 12.8 Å². The normalized spacial score (nSPS) is 19.9. The van der Waals surface area contributed by atoms with Crippen LogP contribution >= 0.6 is 15.9 Å². The number of carbonyl (C=O) groups is 3. The molecule has 0 radical (unpaired) electrons. The molecule has 3 aliphatic heterocycles. The molecule has 2 fully saturated rings. The van der Waals surface area contributed by atoms with Crippen molar-refractivity contribution in [3.8, 4) is 0 Å². The van der Waals surface area contributed by atoms with Crippen LogP contribution in [0.15, 0.2) is 53.4 Å². The van der Waals surface area contributed by atoms with Gasteiger partial charge in [0.05, 0.1) is 17.3 Å². The van der Waals surface area contributed by atoms with Crippen molar-refractivity contribution in [2.24, 2.45) is 0 Å². The maximum atomic E-state index is 12.2. The minimum atomic E-state index is -0.287. The van der Waals surface area contributed by atoms with Gasteiger partial charge in [-0.1, -0.05) is 58.1 Å². The van der Waals surface area contributed by atoms with Crippen molar-refractivity contribution in [1.82, 2.24) is 15.0 Å². The number of halogens is 1. The lowest BCUT2D eigenvalue weighted by molar-refractivity contribution is -0.122. The summed E-state index contributed by atoms with van der Waals surface area (Å²) in [7, 11) is 0. The molecular weight excluding hydrogens is 596 g/mol. The fourth-order valence-corrected chi connectivity index (χ4v) is 7.17. The van der Waals surface area contributed by atoms with E-state index in [2.05, 4.69) is 46.8 Å². The summed E-state index contributed by atoms with van der Waals surface area (Å²) in [6.07, 6.45) is 16.6. The molecule has 6 heterocycles. The highest BCUT2D eigenvalue weighted by Gasteiger charge is 2.48. The first-order valence-electron chi connectivity index (χ1n) is 14.4. The minimum absolute atomic E-state index is 0. The molecule has 0 atom stereocenters. The summed E-state index contributed by atoms with van der Waals surface area (Å²) in [6.45, 7) is 0. The molecule has 3 amide bonds. The summed E-state index contributed by atoms with van der Waals surface area (Å²) < 4.78 is 0.952. The van der Waals surface area contributed by atoms with Gasteiger partial charge in [-0.05, 0) is 59.8 Å². The van der Waals surface area contributed by atoms with Crippen LogP contribution in [0, 0.1) is 0 Å². The monoisotopic (exact) mass is 632 g/mol. The molecule has 9 nitrogen and oxygen atoms in total. The lowest BCUT2D eigenvalue weighted by Gasteiger charge is -2.31. The third-order valence-corrected chi connectivity index (χ3v) is 9.37. The maximum Gasteiger partial charge on any atom is 0.236 e. The summed E-state index contributed by atoms with van der Waals surface area (Å²) >= 11 is 3.43. The zero-order chi connectivity index (χ0) is 28.5. The van der Waals surface area contributed by atoms with Crippen molar-refractivity contribution in [3.63, 3.8) is 0 Å². The van der Waals surface area contributed by atoms with Gasteiger partial charge >= 0.3 is 0 Å². The van der Waals surface area contributed by atoms with Gasteiger partial charge in [0, 0.05) is 39.8 Å². The van der Waals surface area contributed by atoms with Crippen molar-refractivity contribution in [1.29, 1.82) is 0 Å². The zero-order valence-corrected chi connectivity index (χ0v) is 24.4. The predicted molar refractivity (Wildman–Crippen MR) is 166 cm³/mol. The molecule has 0 aromatic carbocycles. The summed E-state index contributed by atoms with van der Waals surface area (Å²) in [4.78, 5) is 47.4. The third kappa shape index (κ3) is 5.44. The van der Waals surface area contributed by atoms with E-state index >= 15 is 0 Å². The summed E-state index contributed by atoms with van der Waals surface area (Å²) in [5.74, 6) is 2.60. The summed E-state index contributed by atoms with van der Waals surface area (Å²) in [5, 5.41) is 8.47.